The Hall–Kier alpha value is -2.55. The minimum absolute atomic E-state index is 0.197. The van der Waals surface area contributed by atoms with E-state index in [1.54, 1.807) is 0 Å². The SMILES string of the molecule is CC1=C(c2ccc(OCc3ccccc3)cc2C)[C@H](C)OC1=O. The van der Waals surface area contributed by atoms with Crippen LogP contribution in [-0.4, -0.2) is 12.1 Å². The standard InChI is InChI=1S/C20H20O3/c1-13-11-17(22-12-16-7-5-4-6-8-16)9-10-18(13)19-14(2)20(21)23-15(19)3/h4-11,15H,12H2,1-3H3/t15-/m0/s1. The van der Waals surface area contributed by atoms with E-state index in [0.29, 0.717) is 12.2 Å². The summed E-state index contributed by atoms with van der Waals surface area (Å²) in [6, 6.07) is 16.0. The first-order chi connectivity index (χ1) is 11.1. The van der Waals surface area contributed by atoms with E-state index in [2.05, 4.69) is 0 Å². The van der Waals surface area contributed by atoms with Crippen molar-refractivity contribution in [3.63, 3.8) is 0 Å². The number of hydrogen-bond donors (Lipinski definition) is 0. The third-order valence-electron chi connectivity index (χ3n) is 4.14. The van der Waals surface area contributed by atoms with Crippen LogP contribution in [0.25, 0.3) is 5.57 Å². The smallest absolute Gasteiger partial charge is 0.334 e. The predicted molar refractivity (Wildman–Crippen MR) is 90.1 cm³/mol. The number of carbonyl (C=O) groups excluding carboxylic acids is 1. The lowest BCUT2D eigenvalue weighted by atomic mass is 9.94. The molecule has 1 atom stereocenters. The van der Waals surface area contributed by atoms with Crippen LogP contribution in [0.3, 0.4) is 0 Å². The highest BCUT2D eigenvalue weighted by atomic mass is 16.5. The molecule has 0 amide bonds. The van der Waals surface area contributed by atoms with Crippen molar-refractivity contribution >= 4 is 11.5 Å². The van der Waals surface area contributed by atoms with Gasteiger partial charge in [0.1, 0.15) is 18.5 Å². The Morgan fingerprint density at radius 1 is 1.09 bits per heavy atom. The quantitative estimate of drug-likeness (QED) is 0.790. The van der Waals surface area contributed by atoms with Crippen molar-refractivity contribution in [2.45, 2.75) is 33.5 Å². The first kappa shape index (κ1) is 15.3. The molecule has 2 aromatic carbocycles. The molecule has 0 bridgehead atoms. The van der Waals surface area contributed by atoms with Crippen LogP contribution in [0.2, 0.25) is 0 Å². The van der Waals surface area contributed by atoms with Crippen LogP contribution in [0.1, 0.15) is 30.5 Å². The van der Waals surface area contributed by atoms with Crippen LogP contribution in [0, 0.1) is 6.92 Å². The Bertz CT molecular complexity index is 760. The average molecular weight is 308 g/mol. The molecule has 23 heavy (non-hydrogen) atoms. The van der Waals surface area contributed by atoms with Gasteiger partial charge in [-0.25, -0.2) is 4.79 Å². The normalized spacial score (nSPS) is 17.3. The number of carbonyl (C=O) groups is 1. The van der Waals surface area contributed by atoms with Crippen molar-refractivity contribution < 1.29 is 14.3 Å². The molecule has 2 aromatic rings. The second-order valence-corrected chi connectivity index (χ2v) is 5.84. The zero-order chi connectivity index (χ0) is 16.4. The van der Waals surface area contributed by atoms with E-state index in [9.17, 15) is 4.79 Å². The molecular formula is C20H20O3. The van der Waals surface area contributed by atoms with Gasteiger partial charge in [0, 0.05) is 11.1 Å². The molecule has 1 aliphatic heterocycles. The predicted octanol–water partition coefficient (Wildman–Crippen LogP) is 4.29. The minimum Gasteiger partial charge on any atom is -0.489 e. The van der Waals surface area contributed by atoms with E-state index in [-0.39, 0.29) is 12.1 Å². The highest BCUT2D eigenvalue weighted by molar-refractivity contribution is 6.02. The Labute approximate surface area is 136 Å². The van der Waals surface area contributed by atoms with E-state index in [0.717, 1.165) is 28.0 Å². The Balaban J connectivity index is 1.80. The summed E-state index contributed by atoms with van der Waals surface area (Å²) in [7, 11) is 0. The average Bonchev–Trinajstić information content (AvgIpc) is 2.80. The van der Waals surface area contributed by atoms with Crippen molar-refractivity contribution in [3.05, 3.63) is 70.8 Å². The maximum atomic E-state index is 11.7. The highest BCUT2D eigenvalue weighted by Gasteiger charge is 2.29. The van der Waals surface area contributed by atoms with E-state index >= 15 is 0 Å². The van der Waals surface area contributed by atoms with E-state index in [1.807, 2.05) is 69.3 Å². The van der Waals surface area contributed by atoms with Gasteiger partial charge in [0.25, 0.3) is 0 Å². The molecule has 1 heterocycles. The van der Waals surface area contributed by atoms with E-state index in [4.69, 9.17) is 9.47 Å². The third kappa shape index (κ3) is 3.14. The lowest BCUT2D eigenvalue weighted by Crippen LogP contribution is -2.06. The second kappa shape index (κ2) is 6.29. The lowest BCUT2D eigenvalue weighted by Gasteiger charge is -2.14. The molecule has 0 N–H and O–H groups in total. The number of cyclic esters (lactones) is 1. The number of aryl methyl sites for hydroxylation is 1. The molecule has 0 fully saturated rings. The minimum atomic E-state index is -0.226. The molecule has 0 unspecified atom stereocenters. The van der Waals surface area contributed by atoms with Crippen LogP contribution >= 0.6 is 0 Å². The van der Waals surface area contributed by atoms with Crippen LogP contribution < -0.4 is 4.74 Å². The van der Waals surface area contributed by atoms with E-state index < -0.39 is 0 Å². The summed E-state index contributed by atoms with van der Waals surface area (Å²) < 4.78 is 11.1. The second-order valence-electron chi connectivity index (χ2n) is 5.84. The molecular weight excluding hydrogens is 288 g/mol. The number of rotatable bonds is 4. The monoisotopic (exact) mass is 308 g/mol. The number of esters is 1. The molecule has 1 aliphatic rings. The summed E-state index contributed by atoms with van der Waals surface area (Å²) in [5, 5.41) is 0. The Morgan fingerprint density at radius 2 is 1.83 bits per heavy atom. The van der Waals surface area contributed by atoms with Gasteiger partial charge in [0.15, 0.2) is 0 Å². The first-order valence-corrected chi connectivity index (χ1v) is 7.76. The Kier molecular flexibility index (Phi) is 4.20. The molecule has 3 heteroatoms. The van der Waals surface area contributed by atoms with Crippen LogP contribution in [0.15, 0.2) is 54.1 Å². The molecule has 3 rings (SSSR count). The fraction of sp³-hybridized carbons (Fsp3) is 0.250. The topological polar surface area (TPSA) is 35.5 Å². The van der Waals surface area contributed by atoms with Gasteiger partial charge in [-0.15, -0.1) is 0 Å². The molecule has 3 nitrogen and oxygen atoms in total. The molecule has 0 aliphatic carbocycles. The van der Waals surface area contributed by atoms with Crippen molar-refractivity contribution in [2.75, 3.05) is 0 Å². The summed E-state index contributed by atoms with van der Waals surface area (Å²) in [6.45, 7) is 6.29. The number of benzene rings is 2. The van der Waals surface area contributed by atoms with Crippen molar-refractivity contribution in [2.24, 2.45) is 0 Å². The highest BCUT2D eigenvalue weighted by Crippen LogP contribution is 2.34. The lowest BCUT2D eigenvalue weighted by molar-refractivity contribution is -0.138. The van der Waals surface area contributed by atoms with Crippen LogP contribution in [0.4, 0.5) is 0 Å². The largest absolute Gasteiger partial charge is 0.489 e. The van der Waals surface area contributed by atoms with Gasteiger partial charge >= 0.3 is 5.97 Å². The maximum absolute atomic E-state index is 11.7. The van der Waals surface area contributed by atoms with Gasteiger partial charge in [0.05, 0.1) is 0 Å². The van der Waals surface area contributed by atoms with Gasteiger partial charge in [-0.05, 0) is 49.6 Å². The van der Waals surface area contributed by atoms with Crippen molar-refractivity contribution in [1.29, 1.82) is 0 Å². The molecule has 0 saturated carbocycles. The zero-order valence-electron chi connectivity index (χ0n) is 13.6. The first-order valence-electron chi connectivity index (χ1n) is 7.76. The van der Waals surface area contributed by atoms with Gasteiger partial charge in [-0.3, -0.25) is 0 Å². The zero-order valence-corrected chi connectivity index (χ0v) is 13.6. The van der Waals surface area contributed by atoms with Gasteiger partial charge in [-0.1, -0.05) is 36.4 Å². The molecule has 118 valence electrons. The fourth-order valence-electron chi connectivity index (χ4n) is 2.91. The molecule has 0 saturated heterocycles. The van der Waals surface area contributed by atoms with Crippen LogP contribution in [-0.2, 0) is 16.1 Å². The number of hydrogen-bond acceptors (Lipinski definition) is 3. The number of ether oxygens (including phenoxy) is 2. The van der Waals surface area contributed by atoms with E-state index in [1.165, 1.54) is 0 Å². The fourth-order valence-corrected chi connectivity index (χ4v) is 2.91. The van der Waals surface area contributed by atoms with Gasteiger partial charge in [0.2, 0.25) is 0 Å². The summed E-state index contributed by atoms with van der Waals surface area (Å²) in [4.78, 5) is 11.7. The summed E-state index contributed by atoms with van der Waals surface area (Å²) in [5.41, 5.74) is 4.93. The summed E-state index contributed by atoms with van der Waals surface area (Å²) >= 11 is 0. The van der Waals surface area contributed by atoms with Crippen molar-refractivity contribution in [1.82, 2.24) is 0 Å². The Morgan fingerprint density at radius 3 is 2.43 bits per heavy atom. The third-order valence-corrected chi connectivity index (χ3v) is 4.14. The molecule has 0 aromatic heterocycles. The van der Waals surface area contributed by atoms with Gasteiger partial charge < -0.3 is 9.47 Å². The molecule has 0 radical (unpaired) electrons. The summed E-state index contributed by atoms with van der Waals surface area (Å²) in [6.07, 6.45) is -0.197. The summed E-state index contributed by atoms with van der Waals surface area (Å²) in [5.74, 6) is 0.600. The van der Waals surface area contributed by atoms with Crippen LogP contribution in [0.5, 0.6) is 5.75 Å². The van der Waals surface area contributed by atoms with Gasteiger partial charge in [-0.2, -0.15) is 0 Å². The van der Waals surface area contributed by atoms with Crippen molar-refractivity contribution in [3.8, 4) is 5.75 Å². The molecule has 0 spiro atoms. The maximum Gasteiger partial charge on any atom is 0.334 e.